The molecule has 0 unspecified atom stereocenters. The van der Waals surface area contributed by atoms with Gasteiger partial charge in [0.25, 0.3) is 0 Å². The largest absolute Gasteiger partial charge is 0.345 e. The van der Waals surface area contributed by atoms with Crippen LogP contribution in [0.5, 0.6) is 0 Å². The maximum Gasteiger partial charge on any atom is 0.214 e. The van der Waals surface area contributed by atoms with E-state index in [0.29, 0.717) is 19.1 Å². The fourth-order valence-electron chi connectivity index (χ4n) is 3.70. The van der Waals surface area contributed by atoms with E-state index in [1.807, 2.05) is 12.1 Å². The van der Waals surface area contributed by atoms with Crippen LogP contribution in [0.15, 0.2) is 18.2 Å². The molecule has 8 heteroatoms. The molecule has 4 rings (SSSR count). The van der Waals surface area contributed by atoms with Gasteiger partial charge in [-0.3, -0.25) is 4.90 Å². The van der Waals surface area contributed by atoms with Crippen molar-refractivity contribution in [1.29, 1.82) is 0 Å². The minimum atomic E-state index is -3.06. The maximum atomic E-state index is 12.0. The second-order valence-electron chi connectivity index (χ2n) is 7.42. The molecular formula is C18H26N4O2S2. The Bertz CT molecular complexity index is 886. The molecule has 1 aromatic carbocycles. The lowest BCUT2D eigenvalue weighted by atomic mass is 10.2. The number of hydrogen-bond donors (Lipinski definition) is 0. The molecule has 2 aliphatic heterocycles. The Labute approximate surface area is 159 Å². The van der Waals surface area contributed by atoms with Crippen LogP contribution in [-0.4, -0.2) is 67.1 Å². The average Bonchev–Trinajstić information content (AvgIpc) is 3.18. The highest BCUT2D eigenvalue weighted by Crippen LogP contribution is 2.31. The molecule has 6 nitrogen and oxygen atoms in total. The van der Waals surface area contributed by atoms with Gasteiger partial charge in [0, 0.05) is 45.3 Å². The minimum Gasteiger partial charge on any atom is -0.345 e. The van der Waals surface area contributed by atoms with Crippen molar-refractivity contribution in [2.24, 2.45) is 0 Å². The number of anilines is 1. The molecule has 2 saturated heterocycles. The van der Waals surface area contributed by atoms with Gasteiger partial charge in [-0.05, 0) is 38.0 Å². The number of hydrogen-bond acceptors (Lipinski definition) is 6. The molecule has 0 amide bonds. The van der Waals surface area contributed by atoms with Crippen LogP contribution in [0.2, 0.25) is 0 Å². The summed E-state index contributed by atoms with van der Waals surface area (Å²) in [6.45, 7) is 9.75. The zero-order chi connectivity index (χ0) is 18.3. The van der Waals surface area contributed by atoms with Gasteiger partial charge in [0.15, 0.2) is 5.13 Å². The highest BCUT2D eigenvalue weighted by atomic mass is 32.2. The minimum absolute atomic E-state index is 0.276. The van der Waals surface area contributed by atoms with E-state index >= 15 is 0 Å². The molecule has 0 saturated carbocycles. The Hall–Kier alpha value is -1.22. The molecule has 2 fully saturated rings. The molecule has 142 valence electrons. The van der Waals surface area contributed by atoms with E-state index in [0.717, 1.165) is 48.8 Å². The summed E-state index contributed by atoms with van der Waals surface area (Å²) in [5.74, 6) is 0.276. The number of fused-ring (bicyclic) bond motifs is 1. The Morgan fingerprint density at radius 1 is 1.15 bits per heavy atom. The van der Waals surface area contributed by atoms with Gasteiger partial charge in [-0.2, -0.15) is 4.31 Å². The third-order valence-corrected chi connectivity index (χ3v) is 8.32. The molecule has 0 N–H and O–H groups in total. The molecule has 0 bridgehead atoms. The number of aromatic nitrogens is 1. The summed E-state index contributed by atoms with van der Waals surface area (Å²) in [6.07, 6.45) is 0.730. The molecule has 3 heterocycles. The van der Waals surface area contributed by atoms with Crippen LogP contribution in [0.1, 0.15) is 25.8 Å². The molecule has 0 aliphatic carbocycles. The summed E-state index contributed by atoms with van der Waals surface area (Å²) in [5, 5.41) is 1.08. The third kappa shape index (κ3) is 3.60. The fraction of sp³-hybridized carbons (Fsp3) is 0.611. The molecule has 0 radical (unpaired) electrons. The number of piperazine rings is 1. The van der Waals surface area contributed by atoms with E-state index in [2.05, 4.69) is 29.7 Å². The lowest BCUT2D eigenvalue weighted by molar-refractivity contribution is 0.209. The van der Waals surface area contributed by atoms with Crippen molar-refractivity contribution in [3.05, 3.63) is 23.8 Å². The Morgan fingerprint density at radius 3 is 2.58 bits per heavy atom. The Kier molecular flexibility index (Phi) is 4.94. The predicted molar refractivity (Wildman–Crippen MR) is 107 cm³/mol. The standard InChI is InChI=1S/C18H26N4O2S2/c1-14(2)20-7-9-21(10-8-20)18-19-16-12-15(4-5-17(16)25-18)13-22-6-3-11-26(22,23)24/h4-5,12,14H,3,6-11,13H2,1-2H3. The summed E-state index contributed by atoms with van der Waals surface area (Å²) < 4.78 is 26.8. The second-order valence-corrected chi connectivity index (χ2v) is 10.5. The van der Waals surface area contributed by atoms with Gasteiger partial charge in [-0.1, -0.05) is 17.4 Å². The van der Waals surface area contributed by atoms with Gasteiger partial charge in [0.05, 0.1) is 16.0 Å². The monoisotopic (exact) mass is 394 g/mol. The van der Waals surface area contributed by atoms with Gasteiger partial charge in [-0.15, -0.1) is 0 Å². The summed E-state index contributed by atoms with van der Waals surface area (Å²) >= 11 is 1.73. The van der Waals surface area contributed by atoms with Crippen molar-refractivity contribution in [2.45, 2.75) is 32.9 Å². The van der Waals surface area contributed by atoms with E-state index in [1.54, 1.807) is 15.6 Å². The molecule has 1 aromatic heterocycles. The molecule has 2 aliphatic rings. The van der Waals surface area contributed by atoms with Crippen LogP contribution in [0.4, 0.5) is 5.13 Å². The van der Waals surface area contributed by atoms with Crippen molar-refractivity contribution >= 4 is 36.7 Å². The Balaban J connectivity index is 1.50. The van der Waals surface area contributed by atoms with Crippen molar-refractivity contribution in [1.82, 2.24) is 14.2 Å². The zero-order valence-electron chi connectivity index (χ0n) is 15.4. The number of benzene rings is 1. The van der Waals surface area contributed by atoms with Crippen molar-refractivity contribution in [3.8, 4) is 0 Å². The van der Waals surface area contributed by atoms with E-state index in [9.17, 15) is 8.42 Å². The Morgan fingerprint density at radius 2 is 1.92 bits per heavy atom. The molecule has 2 aromatic rings. The number of nitrogens with zero attached hydrogens (tertiary/aromatic N) is 4. The van der Waals surface area contributed by atoms with Crippen LogP contribution in [0, 0.1) is 0 Å². The quantitative estimate of drug-likeness (QED) is 0.797. The van der Waals surface area contributed by atoms with E-state index in [-0.39, 0.29) is 5.75 Å². The van der Waals surface area contributed by atoms with Crippen LogP contribution in [0.25, 0.3) is 10.2 Å². The van der Waals surface area contributed by atoms with Crippen molar-refractivity contribution in [2.75, 3.05) is 43.4 Å². The molecule has 0 spiro atoms. The normalized spacial score (nSPS) is 21.9. The first-order chi connectivity index (χ1) is 12.4. The van der Waals surface area contributed by atoms with Gasteiger partial charge in [-0.25, -0.2) is 13.4 Å². The topological polar surface area (TPSA) is 56.8 Å². The van der Waals surface area contributed by atoms with Gasteiger partial charge in [0.2, 0.25) is 10.0 Å². The average molecular weight is 395 g/mol. The third-order valence-electron chi connectivity index (χ3n) is 5.32. The van der Waals surface area contributed by atoms with Gasteiger partial charge >= 0.3 is 0 Å². The van der Waals surface area contributed by atoms with Crippen LogP contribution in [-0.2, 0) is 16.6 Å². The van der Waals surface area contributed by atoms with Crippen LogP contribution >= 0.6 is 11.3 Å². The summed E-state index contributed by atoms with van der Waals surface area (Å²) in [4.78, 5) is 9.70. The first kappa shape index (κ1) is 18.2. The van der Waals surface area contributed by atoms with E-state index in [4.69, 9.17) is 4.98 Å². The van der Waals surface area contributed by atoms with E-state index in [1.165, 1.54) is 4.70 Å². The van der Waals surface area contributed by atoms with Gasteiger partial charge in [0.1, 0.15) is 0 Å². The number of thiazole rings is 1. The SMILES string of the molecule is CC(C)N1CCN(c2nc3cc(CN4CCCS4(=O)=O)ccc3s2)CC1. The summed E-state index contributed by atoms with van der Waals surface area (Å²) in [6, 6.07) is 6.76. The molecule has 0 atom stereocenters. The van der Waals surface area contributed by atoms with Crippen LogP contribution < -0.4 is 4.90 Å². The molecular weight excluding hydrogens is 368 g/mol. The fourth-order valence-corrected chi connectivity index (χ4v) is 6.20. The highest BCUT2D eigenvalue weighted by molar-refractivity contribution is 7.89. The van der Waals surface area contributed by atoms with Crippen LogP contribution in [0.3, 0.4) is 0 Å². The lowest BCUT2D eigenvalue weighted by Crippen LogP contribution is -2.48. The lowest BCUT2D eigenvalue weighted by Gasteiger charge is -2.36. The number of rotatable bonds is 4. The highest BCUT2D eigenvalue weighted by Gasteiger charge is 2.28. The summed E-state index contributed by atoms with van der Waals surface area (Å²) in [5.41, 5.74) is 2.00. The van der Waals surface area contributed by atoms with Crippen molar-refractivity contribution in [3.63, 3.8) is 0 Å². The second kappa shape index (κ2) is 7.07. The first-order valence-electron chi connectivity index (χ1n) is 9.29. The number of sulfonamides is 1. The van der Waals surface area contributed by atoms with Gasteiger partial charge < -0.3 is 4.90 Å². The predicted octanol–water partition coefficient (Wildman–Crippen LogP) is 2.36. The zero-order valence-corrected chi connectivity index (χ0v) is 17.0. The van der Waals surface area contributed by atoms with E-state index < -0.39 is 10.0 Å². The maximum absolute atomic E-state index is 12.0. The first-order valence-corrected chi connectivity index (χ1v) is 11.7. The molecule has 26 heavy (non-hydrogen) atoms. The summed E-state index contributed by atoms with van der Waals surface area (Å²) in [7, 11) is -3.06. The smallest absolute Gasteiger partial charge is 0.214 e. The van der Waals surface area contributed by atoms with Crippen molar-refractivity contribution < 1.29 is 8.42 Å².